The molecular formula is C13H18N2O3S. The van der Waals surface area contributed by atoms with E-state index in [0.717, 1.165) is 42.5 Å². The second kappa shape index (κ2) is 6.06. The van der Waals surface area contributed by atoms with Gasteiger partial charge in [-0.15, -0.1) is 11.3 Å². The SMILES string of the molecule is CCCCNC(=O)Nc1sc2c(c1C(=O)O)CCC2. The molecule has 0 saturated heterocycles. The summed E-state index contributed by atoms with van der Waals surface area (Å²) in [6.45, 7) is 2.65. The number of carbonyl (C=O) groups is 2. The molecular weight excluding hydrogens is 264 g/mol. The first-order chi connectivity index (χ1) is 9.13. The van der Waals surface area contributed by atoms with Crippen molar-refractivity contribution in [2.24, 2.45) is 0 Å². The monoisotopic (exact) mass is 282 g/mol. The maximum absolute atomic E-state index is 11.7. The van der Waals surface area contributed by atoms with Crippen LogP contribution >= 0.6 is 11.3 Å². The molecule has 1 aliphatic rings. The summed E-state index contributed by atoms with van der Waals surface area (Å²) >= 11 is 1.39. The lowest BCUT2D eigenvalue weighted by Crippen LogP contribution is -2.29. The van der Waals surface area contributed by atoms with E-state index in [2.05, 4.69) is 10.6 Å². The van der Waals surface area contributed by atoms with Crippen molar-refractivity contribution in [2.75, 3.05) is 11.9 Å². The maximum atomic E-state index is 11.7. The number of hydrogen-bond donors (Lipinski definition) is 3. The van der Waals surface area contributed by atoms with E-state index in [9.17, 15) is 14.7 Å². The van der Waals surface area contributed by atoms with Crippen molar-refractivity contribution < 1.29 is 14.7 Å². The maximum Gasteiger partial charge on any atom is 0.339 e. The van der Waals surface area contributed by atoms with Crippen molar-refractivity contribution in [3.63, 3.8) is 0 Å². The number of unbranched alkanes of at least 4 members (excludes halogenated alkanes) is 1. The molecule has 1 aromatic heterocycles. The van der Waals surface area contributed by atoms with Gasteiger partial charge in [-0.3, -0.25) is 5.32 Å². The smallest absolute Gasteiger partial charge is 0.339 e. The molecule has 0 radical (unpaired) electrons. The van der Waals surface area contributed by atoms with Crippen LogP contribution in [0.15, 0.2) is 0 Å². The van der Waals surface area contributed by atoms with Gasteiger partial charge in [0, 0.05) is 11.4 Å². The molecule has 0 aliphatic heterocycles. The third kappa shape index (κ3) is 3.07. The first-order valence-electron chi connectivity index (χ1n) is 6.56. The quantitative estimate of drug-likeness (QED) is 0.727. The van der Waals surface area contributed by atoms with Crippen LogP contribution in [0, 0.1) is 0 Å². The van der Waals surface area contributed by atoms with Gasteiger partial charge in [-0.1, -0.05) is 13.3 Å². The van der Waals surface area contributed by atoms with E-state index in [4.69, 9.17) is 0 Å². The van der Waals surface area contributed by atoms with Crippen molar-refractivity contribution in [1.29, 1.82) is 0 Å². The highest BCUT2D eigenvalue weighted by molar-refractivity contribution is 7.17. The molecule has 3 N–H and O–H groups in total. The molecule has 0 unspecified atom stereocenters. The highest BCUT2D eigenvalue weighted by Gasteiger charge is 2.26. The van der Waals surface area contributed by atoms with E-state index in [1.165, 1.54) is 11.3 Å². The van der Waals surface area contributed by atoms with E-state index < -0.39 is 5.97 Å². The first kappa shape index (κ1) is 13.9. The Balaban J connectivity index is 2.08. The molecule has 2 amide bonds. The number of aryl methyl sites for hydroxylation is 1. The average Bonchev–Trinajstić information content (AvgIpc) is 2.88. The highest BCUT2D eigenvalue weighted by Crippen LogP contribution is 2.38. The van der Waals surface area contributed by atoms with Gasteiger partial charge in [-0.05, 0) is 31.2 Å². The van der Waals surface area contributed by atoms with Crippen molar-refractivity contribution in [1.82, 2.24) is 5.32 Å². The minimum atomic E-state index is -0.955. The lowest BCUT2D eigenvalue weighted by atomic mass is 10.1. The van der Waals surface area contributed by atoms with Gasteiger partial charge in [0.25, 0.3) is 0 Å². The average molecular weight is 282 g/mol. The Morgan fingerprint density at radius 2 is 2.16 bits per heavy atom. The Bertz CT molecular complexity index is 496. The van der Waals surface area contributed by atoms with Gasteiger partial charge in [0.15, 0.2) is 0 Å². The fourth-order valence-electron chi connectivity index (χ4n) is 2.24. The van der Waals surface area contributed by atoms with Gasteiger partial charge in [-0.25, -0.2) is 9.59 Å². The third-order valence-electron chi connectivity index (χ3n) is 3.18. The van der Waals surface area contributed by atoms with Crippen molar-refractivity contribution in [3.05, 3.63) is 16.0 Å². The zero-order valence-corrected chi connectivity index (χ0v) is 11.7. The molecule has 19 heavy (non-hydrogen) atoms. The standard InChI is InChI=1S/C13H18N2O3S/c1-2-3-7-14-13(18)15-11-10(12(16)17)8-5-4-6-9(8)19-11/h2-7H2,1H3,(H,16,17)(H2,14,15,18). The van der Waals surface area contributed by atoms with E-state index in [-0.39, 0.29) is 11.6 Å². The second-order valence-corrected chi connectivity index (χ2v) is 5.71. The summed E-state index contributed by atoms with van der Waals surface area (Å²) < 4.78 is 0. The van der Waals surface area contributed by atoms with E-state index in [1.807, 2.05) is 6.92 Å². The zero-order chi connectivity index (χ0) is 13.8. The molecule has 2 rings (SSSR count). The Kier molecular flexibility index (Phi) is 4.42. The number of urea groups is 1. The number of amides is 2. The van der Waals surface area contributed by atoms with Crippen LogP contribution in [-0.4, -0.2) is 23.7 Å². The fraction of sp³-hybridized carbons (Fsp3) is 0.538. The summed E-state index contributed by atoms with van der Waals surface area (Å²) in [7, 11) is 0. The number of hydrogen-bond acceptors (Lipinski definition) is 3. The van der Waals surface area contributed by atoms with Crippen molar-refractivity contribution in [3.8, 4) is 0 Å². The molecule has 0 spiro atoms. The molecule has 1 heterocycles. The predicted octanol–water partition coefficient (Wildman–Crippen LogP) is 2.86. The summed E-state index contributed by atoms with van der Waals surface area (Å²) in [5.41, 5.74) is 1.18. The van der Waals surface area contributed by atoms with Crippen LogP contribution in [0.5, 0.6) is 0 Å². The van der Waals surface area contributed by atoms with Crippen LogP contribution in [0.3, 0.4) is 0 Å². The van der Waals surface area contributed by atoms with Crippen LogP contribution < -0.4 is 10.6 Å². The van der Waals surface area contributed by atoms with Crippen molar-refractivity contribution >= 4 is 28.3 Å². The number of carbonyl (C=O) groups excluding carboxylic acids is 1. The number of thiophene rings is 1. The third-order valence-corrected chi connectivity index (χ3v) is 4.39. The molecule has 0 fully saturated rings. The Labute approximate surface area is 116 Å². The van der Waals surface area contributed by atoms with Gasteiger partial charge in [0.2, 0.25) is 0 Å². The van der Waals surface area contributed by atoms with Crippen LogP contribution in [-0.2, 0) is 12.8 Å². The molecule has 0 aromatic carbocycles. The Morgan fingerprint density at radius 3 is 2.84 bits per heavy atom. The van der Waals surface area contributed by atoms with Gasteiger partial charge in [0.05, 0.1) is 5.56 Å². The molecule has 0 atom stereocenters. The minimum Gasteiger partial charge on any atom is -0.478 e. The highest BCUT2D eigenvalue weighted by atomic mass is 32.1. The zero-order valence-electron chi connectivity index (χ0n) is 10.9. The van der Waals surface area contributed by atoms with Gasteiger partial charge < -0.3 is 10.4 Å². The largest absolute Gasteiger partial charge is 0.478 e. The normalized spacial score (nSPS) is 13.1. The number of anilines is 1. The molecule has 104 valence electrons. The first-order valence-corrected chi connectivity index (χ1v) is 7.37. The summed E-state index contributed by atoms with van der Waals surface area (Å²) in [6.07, 6.45) is 4.64. The Morgan fingerprint density at radius 1 is 1.37 bits per heavy atom. The molecule has 0 saturated carbocycles. The topological polar surface area (TPSA) is 78.4 Å². The Hall–Kier alpha value is -1.56. The summed E-state index contributed by atoms with van der Waals surface area (Å²) in [5, 5.41) is 15.1. The molecule has 1 aromatic rings. The number of carboxylic acid groups (broad SMARTS) is 1. The van der Waals surface area contributed by atoms with Crippen LogP contribution in [0.2, 0.25) is 0 Å². The van der Waals surface area contributed by atoms with Gasteiger partial charge in [0.1, 0.15) is 5.00 Å². The molecule has 5 nitrogen and oxygen atoms in total. The lowest BCUT2D eigenvalue weighted by molar-refractivity contribution is 0.0697. The van der Waals surface area contributed by atoms with Gasteiger partial charge >= 0.3 is 12.0 Å². The fourth-order valence-corrected chi connectivity index (χ4v) is 3.52. The summed E-state index contributed by atoms with van der Waals surface area (Å²) in [5.74, 6) is -0.955. The van der Waals surface area contributed by atoms with Crippen LogP contribution in [0.1, 0.15) is 47.0 Å². The van der Waals surface area contributed by atoms with Crippen LogP contribution in [0.25, 0.3) is 0 Å². The van der Waals surface area contributed by atoms with E-state index >= 15 is 0 Å². The van der Waals surface area contributed by atoms with E-state index in [0.29, 0.717) is 11.5 Å². The summed E-state index contributed by atoms with van der Waals surface area (Å²) in [6, 6.07) is -0.323. The number of carboxylic acids is 1. The summed E-state index contributed by atoms with van der Waals surface area (Å²) in [4.78, 5) is 24.1. The number of nitrogens with one attached hydrogen (secondary N) is 2. The van der Waals surface area contributed by atoms with Crippen LogP contribution in [0.4, 0.5) is 9.80 Å². The minimum absolute atomic E-state index is 0.281. The molecule has 1 aliphatic carbocycles. The number of aromatic carboxylic acids is 1. The second-order valence-electron chi connectivity index (χ2n) is 4.60. The van der Waals surface area contributed by atoms with Crippen molar-refractivity contribution in [2.45, 2.75) is 39.0 Å². The predicted molar refractivity (Wildman–Crippen MR) is 75.2 cm³/mol. The molecule has 6 heteroatoms. The number of rotatable bonds is 5. The lowest BCUT2D eigenvalue weighted by Gasteiger charge is -2.07. The number of fused-ring (bicyclic) bond motifs is 1. The van der Waals surface area contributed by atoms with E-state index in [1.54, 1.807) is 0 Å². The van der Waals surface area contributed by atoms with Gasteiger partial charge in [-0.2, -0.15) is 0 Å². The molecule has 0 bridgehead atoms.